The molecule has 4 atom stereocenters. The number of hydrogen-bond donors (Lipinski definition) is 4. The Morgan fingerprint density at radius 1 is 1.03 bits per heavy atom. The van der Waals surface area contributed by atoms with Gasteiger partial charge in [-0.1, -0.05) is 17.7 Å². The molecule has 0 unspecified atom stereocenters. The van der Waals surface area contributed by atoms with Crippen LogP contribution in [0.5, 0.6) is 11.5 Å². The maximum Gasteiger partial charge on any atom is 0.250 e. The molecular formula is C24H24ClN3O5. The second kappa shape index (κ2) is 6.95. The zero-order valence-corrected chi connectivity index (χ0v) is 19.1. The smallest absolute Gasteiger partial charge is 0.250 e. The molecule has 9 heteroatoms. The van der Waals surface area contributed by atoms with Crippen LogP contribution >= 0.6 is 11.6 Å². The summed E-state index contributed by atoms with van der Waals surface area (Å²) in [6, 6.07) is 8.86. The van der Waals surface area contributed by atoms with Gasteiger partial charge in [0, 0.05) is 27.9 Å². The number of nitrogens with one attached hydrogen (secondary N) is 2. The van der Waals surface area contributed by atoms with E-state index in [0.29, 0.717) is 21.8 Å². The van der Waals surface area contributed by atoms with Crippen LogP contribution in [0.4, 0.5) is 5.69 Å². The number of phenols is 2. The van der Waals surface area contributed by atoms with E-state index < -0.39 is 40.8 Å². The van der Waals surface area contributed by atoms with Crippen molar-refractivity contribution in [3.63, 3.8) is 0 Å². The van der Waals surface area contributed by atoms with Crippen molar-refractivity contribution in [2.75, 3.05) is 5.32 Å². The van der Waals surface area contributed by atoms with E-state index in [4.69, 9.17) is 11.6 Å². The molecule has 0 saturated carbocycles. The van der Waals surface area contributed by atoms with Gasteiger partial charge in [-0.3, -0.25) is 24.6 Å². The van der Waals surface area contributed by atoms with Gasteiger partial charge < -0.3 is 15.5 Å². The standard InChI is InChI=1S/C24H24ClN3O5/c1-23(2,3)28-20(31)18-15(8-11-4-7-16(29)17(30)9-11)27-24(19(18)21(28)32)13-10-12(25)5-6-14(13)26-22(24)33/h4-7,9-10,15,18-19,27,29-30H,8H2,1-3H3,(H,26,33)/t15-,18-,19+,24-/m1/s1. The summed E-state index contributed by atoms with van der Waals surface area (Å²) in [6.45, 7) is 5.36. The van der Waals surface area contributed by atoms with Crippen molar-refractivity contribution >= 4 is 35.0 Å². The second-order valence-corrected chi connectivity index (χ2v) is 10.4. The first-order valence-corrected chi connectivity index (χ1v) is 11.1. The highest BCUT2D eigenvalue weighted by Gasteiger charge is 2.71. The van der Waals surface area contributed by atoms with Gasteiger partial charge in [0.05, 0.1) is 11.8 Å². The number of likely N-dealkylation sites (tertiary alicyclic amines) is 1. The van der Waals surface area contributed by atoms with Gasteiger partial charge in [-0.25, -0.2) is 0 Å². The zero-order chi connectivity index (χ0) is 23.9. The van der Waals surface area contributed by atoms with Gasteiger partial charge in [-0.15, -0.1) is 0 Å². The Morgan fingerprint density at radius 2 is 1.76 bits per heavy atom. The van der Waals surface area contributed by atoms with Crippen LogP contribution < -0.4 is 10.6 Å². The number of imide groups is 1. The van der Waals surface area contributed by atoms with Crippen molar-refractivity contribution in [1.82, 2.24) is 10.2 Å². The maximum absolute atomic E-state index is 13.7. The fraction of sp³-hybridized carbons (Fsp3) is 0.375. The number of nitrogens with zero attached hydrogens (tertiary/aromatic N) is 1. The maximum atomic E-state index is 13.7. The molecule has 3 amide bonds. The number of anilines is 1. The lowest BCUT2D eigenvalue weighted by Crippen LogP contribution is -2.56. The van der Waals surface area contributed by atoms with Gasteiger partial charge in [0.2, 0.25) is 17.7 Å². The fourth-order valence-corrected chi connectivity index (χ4v) is 5.73. The average Bonchev–Trinajstić information content (AvgIpc) is 3.29. The van der Waals surface area contributed by atoms with Gasteiger partial charge in [-0.2, -0.15) is 0 Å². The molecule has 2 saturated heterocycles. The number of hydrogen-bond acceptors (Lipinski definition) is 6. The summed E-state index contributed by atoms with van der Waals surface area (Å²) in [5.74, 6) is -3.40. The Hall–Kier alpha value is -3.10. The molecule has 5 rings (SSSR count). The van der Waals surface area contributed by atoms with E-state index >= 15 is 0 Å². The van der Waals surface area contributed by atoms with Crippen molar-refractivity contribution in [2.24, 2.45) is 11.8 Å². The Kier molecular flexibility index (Phi) is 4.58. The molecule has 4 N–H and O–H groups in total. The molecule has 3 aliphatic rings. The third-order valence-corrected chi connectivity index (χ3v) is 7.08. The van der Waals surface area contributed by atoms with Gasteiger partial charge in [-0.05, 0) is 63.1 Å². The number of carbonyl (C=O) groups is 3. The Bertz CT molecular complexity index is 1220. The predicted molar refractivity (Wildman–Crippen MR) is 121 cm³/mol. The molecule has 0 radical (unpaired) electrons. The van der Waals surface area contributed by atoms with Crippen LogP contribution in [0.1, 0.15) is 31.9 Å². The molecule has 3 heterocycles. The first kappa shape index (κ1) is 21.7. The number of fused-ring (bicyclic) bond motifs is 4. The van der Waals surface area contributed by atoms with E-state index in [9.17, 15) is 24.6 Å². The molecule has 8 nitrogen and oxygen atoms in total. The van der Waals surface area contributed by atoms with Crippen molar-refractivity contribution in [2.45, 2.75) is 44.3 Å². The van der Waals surface area contributed by atoms with E-state index in [0.717, 1.165) is 0 Å². The molecular weight excluding hydrogens is 446 g/mol. The van der Waals surface area contributed by atoms with Crippen molar-refractivity contribution in [3.05, 3.63) is 52.5 Å². The quantitative estimate of drug-likeness (QED) is 0.396. The lowest BCUT2D eigenvalue weighted by atomic mass is 9.76. The number of carbonyl (C=O) groups excluding carboxylic acids is 3. The van der Waals surface area contributed by atoms with Gasteiger partial charge in [0.1, 0.15) is 5.54 Å². The number of halogens is 1. The third-order valence-electron chi connectivity index (χ3n) is 6.84. The normalized spacial score (nSPS) is 28.4. The van der Waals surface area contributed by atoms with E-state index in [2.05, 4.69) is 10.6 Å². The summed E-state index contributed by atoms with van der Waals surface area (Å²) in [6.07, 6.45) is 0.261. The van der Waals surface area contributed by atoms with Gasteiger partial charge >= 0.3 is 0 Å². The fourth-order valence-electron chi connectivity index (χ4n) is 5.56. The molecule has 33 heavy (non-hydrogen) atoms. The molecule has 2 aromatic rings. The highest BCUT2D eigenvalue weighted by molar-refractivity contribution is 6.31. The summed E-state index contributed by atoms with van der Waals surface area (Å²) < 4.78 is 0. The largest absolute Gasteiger partial charge is 0.504 e. The Balaban J connectivity index is 1.66. The first-order valence-electron chi connectivity index (χ1n) is 10.7. The van der Waals surface area contributed by atoms with Crippen LogP contribution in [0.15, 0.2) is 36.4 Å². The van der Waals surface area contributed by atoms with Crippen LogP contribution in [-0.4, -0.2) is 44.4 Å². The molecule has 0 bridgehead atoms. The molecule has 2 aromatic carbocycles. The third kappa shape index (κ3) is 2.97. The molecule has 0 aliphatic carbocycles. The van der Waals surface area contributed by atoms with Crippen LogP contribution in [0.25, 0.3) is 0 Å². The van der Waals surface area contributed by atoms with E-state index in [1.54, 1.807) is 45.0 Å². The molecule has 0 aromatic heterocycles. The molecule has 172 valence electrons. The van der Waals surface area contributed by atoms with Gasteiger partial charge in [0.15, 0.2) is 11.5 Å². The number of amides is 3. The molecule has 1 spiro atoms. The van der Waals surface area contributed by atoms with E-state index in [1.165, 1.54) is 17.0 Å². The number of phenolic OH excluding ortho intramolecular Hbond substituents is 2. The summed E-state index contributed by atoms with van der Waals surface area (Å²) in [5.41, 5.74) is -0.456. The van der Waals surface area contributed by atoms with E-state index in [-0.39, 0.29) is 23.8 Å². The van der Waals surface area contributed by atoms with Crippen LogP contribution in [0.3, 0.4) is 0 Å². The van der Waals surface area contributed by atoms with Gasteiger partial charge in [0.25, 0.3) is 0 Å². The van der Waals surface area contributed by atoms with Crippen molar-refractivity contribution in [1.29, 1.82) is 0 Å². The Labute approximate surface area is 195 Å². The van der Waals surface area contributed by atoms with Crippen molar-refractivity contribution < 1.29 is 24.6 Å². The number of aromatic hydroxyl groups is 2. The minimum Gasteiger partial charge on any atom is -0.504 e. The number of benzene rings is 2. The Morgan fingerprint density at radius 3 is 2.42 bits per heavy atom. The highest BCUT2D eigenvalue weighted by Crippen LogP contribution is 2.54. The predicted octanol–water partition coefficient (Wildman–Crippen LogP) is 2.51. The van der Waals surface area contributed by atoms with Crippen LogP contribution in [-0.2, 0) is 26.3 Å². The van der Waals surface area contributed by atoms with E-state index in [1.807, 2.05) is 0 Å². The molecule has 2 fully saturated rings. The summed E-state index contributed by atoms with van der Waals surface area (Å²) in [4.78, 5) is 42.0. The van der Waals surface area contributed by atoms with Crippen LogP contribution in [0, 0.1) is 11.8 Å². The number of rotatable bonds is 2. The first-order chi connectivity index (χ1) is 15.4. The lowest BCUT2D eigenvalue weighted by Gasteiger charge is -2.34. The highest BCUT2D eigenvalue weighted by atomic mass is 35.5. The second-order valence-electron chi connectivity index (χ2n) is 9.92. The minimum atomic E-state index is -1.44. The monoisotopic (exact) mass is 469 g/mol. The van der Waals surface area contributed by atoms with Crippen LogP contribution in [0.2, 0.25) is 5.02 Å². The minimum absolute atomic E-state index is 0.253. The molecule has 3 aliphatic heterocycles. The topological polar surface area (TPSA) is 119 Å². The summed E-state index contributed by atoms with van der Waals surface area (Å²) in [7, 11) is 0. The average molecular weight is 470 g/mol. The summed E-state index contributed by atoms with van der Waals surface area (Å²) in [5, 5.41) is 26.2. The SMILES string of the molecule is CC(C)(C)N1C(=O)[C@H]2[C@@H](C1=O)[C@@]1(N[C@@H]2Cc2ccc(O)c(O)c2)C(=O)Nc2ccc(Cl)cc21. The zero-order valence-electron chi connectivity index (χ0n) is 18.3. The lowest BCUT2D eigenvalue weighted by molar-refractivity contribution is -0.147. The van der Waals surface area contributed by atoms with Crippen molar-refractivity contribution in [3.8, 4) is 11.5 Å². The summed E-state index contributed by atoms with van der Waals surface area (Å²) >= 11 is 6.26.